The second-order valence-electron chi connectivity index (χ2n) is 4.71. The quantitative estimate of drug-likeness (QED) is 0.640. The van der Waals surface area contributed by atoms with E-state index in [4.69, 9.17) is 0 Å². The van der Waals surface area contributed by atoms with Gasteiger partial charge in [-0.2, -0.15) is 0 Å². The Morgan fingerprint density at radius 3 is 2.57 bits per heavy atom. The molecule has 14 heavy (non-hydrogen) atoms. The van der Waals surface area contributed by atoms with Crippen molar-refractivity contribution < 1.29 is 4.48 Å². The van der Waals surface area contributed by atoms with E-state index >= 15 is 0 Å². The zero-order valence-electron chi connectivity index (χ0n) is 9.46. The van der Waals surface area contributed by atoms with E-state index in [-0.39, 0.29) is 0 Å². The van der Waals surface area contributed by atoms with Gasteiger partial charge in [-0.15, -0.1) is 0 Å². The molecule has 76 valence electrons. The highest BCUT2D eigenvalue weighted by Gasteiger charge is 2.06. The largest absolute Gasteiger partial charge is 0.331 e. The summed E-state index contributed by atoms with van der Waals surface area (Å²) in [5.41, 5.74) is 2.61. The van der Waals surface area contributed by atoms with Crippen molar-refractivity contribution in [3.05, 3.63) is 42.0 Å². The van der Waals surface area contributed by atoms with Gasteiger partial charge in [0.1, 0.15) is 0 Å². The predicted molar refractivity (Wildman–Crippen MR) is 63.1 cm³/mol. The minimum atomic E-state index is 1.01. The Labute approximate surface area is 87.3 Å². The first-order valence-electron chi connectivity index (χ1n) is 5.03. The lowest BCUT2D eigenvalue weighted by molar-refractivity contribution is -0.870. The Kier molecular flexibility index (Phi) is 3.48. The number of likely N-dealkylation sites (N-methyl/N-ethyl adjacent to an activating group) is 1. The summed E-state index contributed by atoms with van der Waals surface area (Å²) in [5.74, 6) is 0. The van der Waals surface area contributed by atoms with Gasteiger partial charge in [0.25, 0.3) is 0 Å². The zero-order valence-corrected chi connectivity index (χ0v) is 9.46. The lowest BCUT2D eigenvalue weighted by Crippen LogP contribution is -2.36. The molecule has 0 aliphatic carbocycles. The van der Waals surface area contributed by atoms with E-state index in [0.717, 1.165) is 10.9 Å². The molecule has 0 N–H and O–H groups in total. The van der Waals surface area contributed by atoms with Gasteiger partial charge in [-0.05, 0) is 11.1 Å². The molecule has 0 heterocycles. The van der Waals surface area contributed by atoms with Gasteiger partial charge in [0.15, 0.2) is 0 Å². The molecule has 1 heteroatoms. The first-order valence-corrected chi connectivity index (χ1v) is 5.03. The molecule has 0 aliphatic rings. The van der Waals surface area contributed by atoms with Crippen LogP contribution in [0.5, 0.6) is 0 Å². The van der Waals surface area contributed by atoms with Gasteiger partial charge >= 0.3 is 0 Å². The molecule has 0 atom stereocenters. The second kappa shape index (κ2) is 4.43. The fraction of sp³-hybridized carbons (Fsp3) is 0.385. The molecule has 0 fully saturated rings. The van der Waals surface area contributed by atoms with Gasteiger partial charge in [0.05, 0.1) is 27.7 Å². The van der Waals surface area contributed by atoms with Crippen LogP contribution in [0.2, 0.25) is 0 Å². The highest BCUT2D eigenvalue weighted by Crippen LogP contribution is 2.08. The van der Waals surface area contributed by atoms with E-state index in [9.17, 15) is 0 Å². The van der Waals surface area contributed by atoms with Crippen molar-refractivity contribution >= 4 is 6.08 Å². The molecular formula is C13H20N+. The highest BCUT2D eigenvalue weighted by atomic mass is 15.3. The van der Waals surface area contributed by atoms with Crippen molar-refractivity contribution in [2.45, 2.75) is 6.42 Å². The Morgan fingerprint density at radius 1 is 1.29 bits per heavy atom. The molecule has 0 spiro atoms. The van der Waals surface area contributed by atoms with Crippen LogP contribution < -0.4 is 0 Å². The Bertz CT molecular complexity index is 307. The van der Waals surface area contributed by atoms with Crippen molar-refractivity contribution in [1.29, 1.82) is 0 Å². The molecule has 1 rings (SSSR count). The van der Waals surface area contributed by atoms with Gasteiger partial charge in [0.2, 0.25) is 0 Å². The number of benzene rings is 1. The highest BCUT2D eigenvalue weighted by molar-refractivity contribution is 5.47. The van der Waals surface area contributed by atoms with Crippen LogP contribution >= 0.6 is 0 Å². The Morgan fingerprint density at radius 2 is 2.00 bits per heavy atom. The van der Waals surface area contributed by atoms with Crippen LogP contribution in [0.25, 0.3) is 6.08 Å². The Balaban J connectivity index is 2.63. The molecule has 0 bridgehead atoms. The second-order valence-corrected chi connectivity index (χ2v) is 4.71. The zero-order chi connectivity index (χ0) is 10.6. The monoisotopic (exact) mass is 190 g/mol. The minimum Gasteiger partial charge on any atom is -0.331 e. The smallest absolute Gasteiger partial charge is 0.0821 e. The molecule has 0 aromatic heterocycles. The van der Waals surface area contributed by atoms with Crippen LogP contribution in [0, 0.1) is 0 Å². The normalized spacial score (nSPS) is 11.4. The molecule has 0 amide bonds. The van der Waals surface area contributed by atoms with Gasteiger partial charge in [-0.3, -0.25) is 0 Å². The Hall–Kier alpha value is -1.08. The molecule has 0 aliphatic heterocycles. The number of rotatable bonds is 4. The SMILES string of the molecule is C=Cc1cccc(CC[N+](C)(C)C)c1. The fourth-order valence-corrected chi connectivity index (χ4v) is 1.34. The summed E-state index contributed by atoms with van der Waals surface area (Å²) in [5, 5.41) is 0. The summed E-state index contributed by atoms with van der Waals surface area (Å²) in [6.45, 7) is 4.94. The molecule has 0 saturated heterocycles. The lowest BCUT2D eigenvalue weighted by Gasteiger charge is -2.23. The molecular weight excluding hydrogens is 170 g/mol. The summed E-state index contributed by atoms with van der Waals surface area (Å²) >= 11 is 0. The lowest BCUT2D eigenvalue weighted by atomic mass is 10.1. The maximum atomic E-state index is 3.78. The van der Waals surface area contributed by atoms with Crippen LogP contribution in [0.4, 0.5) is 0 Å². The molecule has 0 unspecified atom stereocenters. The van der Waals surface area contributed by atoms with Gasteiger partial charge in [-0.25, -0.2) is 0 Å². The first kappa shape index (κ1) is 11.0. The van der Waals surface area contributed by atoms with E-state index in [1.54, 1.807) is 0 Å². The van der Waals surface area contributed by atoms with E-state index < -0.39 is 0 Å². The van der Waals surface area contributed by atoms with Crippen LogP contribution in [0.1, 0.15) is 11.1 Å². The van der Waals surface area contributed by atoms with Crippen LogP contribution in [-0.4, -0.2) is 32.2 Å². The van der Waals surface area contributed by atoms with Gasteiger partial charge in [0, 0.05) is 6.42 Å². The third-order valence-corrected chi connectivity index (χ3v) is 2.26. The molecule has 0 saturated carbocycles. The van der Waals surface area contributed by atoms with Crippen molar-refractivity contribution in [3.8, 4) is 0 Å². The van der Waals surface area contributed by atoms with Gasteiger partial charge < -0.3 is 4.48 Å². The van der Waals surface area contributed by atoms with Crippen LogP contribution in [-0.2, 0) is 6.42 Å². The average Bonchev–Trinajstić information content (AvgIpc) is 2.14. The molecule has 1 aromatic rings. The molecule has 0 radical (unpaired) electrons. The predicted octanol–water partition coefficient (Wildman–Crippen LogP) is 2.58. The first-order chi connectivity index (χ1) is 6.51. The summed E-state index contributed by atoms with van der Waals surface area (Å²) < 4.78 is 1.01. The fourth-order valence-electron chi connectivity index (χ4n) is 1.34. The van der Waals surface area contributed by atoms with E-state index in [1.165, 1.54) is 17.7 Å². The summed E-state index contributed by atoms with van der Waals surface area (Å²) in [6.07, 6.45) is 3.03. The van der Waals surface area contributed by atoms with Crippen molar-refractivity contribution in [3.63, 3.8) is 0 Å². The third kappa shape index (κ3) is 3.75. The molecule has 1 aromatic carbocycles. The van der Waals surface area contributed by atoms with E-state index in [0.29, 0.717) is 0 Å². The molecule has 1 nitrogen and oxygen atoms in total. The van der Waals surface area contributed by atoms with E-state index in [2.05, 4.69) is 52.0 Å². The summed E-state index contributed by atoms with van der Waals surface area (Å²) in [4.78, 5) is 0. The third-order valence-electron chi connectivity index (χ3n) is 2.26. The number of quaternary nitrogens is 1. The average molecular weight is 190 g/mol. The standard InChI is InChI=1S/C13H20N/c1-5-12-7-6-8-13(11-12)9-10-14(2,3)4/h5-8,11H,1,9-10H2,2-4H3/q+1. The topological polar surface area (TPSA) is 0 Å². The number of hydrogen-bond donors (Lipinski definition) is 0. The number of nitrogens with zero attached hydrogens (tertiary/aromatic N) is 1. The van der Waals surface area contributed by atoms with Crippen LogP contribution in [0.3, 0.4) is 0 Å². The summed E-state index contributed by atoms with van der Waals surface area (Å²) in [7, 11) is 6.66. The number of hydrogen-bond acceptors (Lipinski definition) is 0. The summed E-state index contributed by atoms with van der Waals surface area (Å²) in [6, 6.07) is 8.58. The van der Waals surface area contributed by atoms with Gasteiger partial charge in [-0.1, -0.05) is 36.9 Å². The van der Waals surface area contributed by atoms with E-state index in [1.807, 2.05) is 6.08 Å². The maximum absolute atomic E-state index is 3.78. The van der Waals surface area contributed by atoms with Crippen molar-refractivity contribution in [2.75, 3.05) is 27.7 Å². The minimum absolute atomic E-state index is 1.01. The van der Waals surface area contributed by atoms with Crippen molar-refractivity contribution in [1.82, 2.24) is 0 Å². The van der Waals surface area contributed by atoms with Crippen molar-refractivity contribution in [2.24, 2.45) is 0 Å². The van der Waals surface area contributed by atoms with Crippen LogP contribution in [0.15, 0.2) is 30.8 Å². The maximum Gasteiger partial charge on any atom is 0.0821 e.